The molecule has 0 saturated heterocycles. The first-order valence-corrected chi connectivity index (χ1v) is 9.15. The van der Waals surface area contributed by atoms with E-state index in [0.29, 0.717) is 53.7 Å². The zero-order chi connectivity index (χ0) is 20.6. The molecule has 8 heteroatoms. The second kappa shape index (κ2) is 9.68. The maximum atomic E-state index is 13.6. The molecule has 152 valence electrons. The van der Waals surface area contributed by atoms with E-state index in [2.05, 4.69) is 15.5 Å². The number of aryl methyl sites for hydroxylation is 1. The van der Waals surface area contributed by atoms with Gasteiger partial charge in [0.2, 0.25) is 17.6 Å². The Hall–Kier alpha value is -3.42. The van der Waals surface area contributed by atoms with Gasteiger partial charge in [0.15, 0.2) is 11.5 Å². The summed E-state index contributed by atoms with van der Waals surface area (Å²) < 4.78 is 29.3. The van der Waals surface area contributed by atoms with Crippen molar-refractivity contribution in [2.45, 2.75) is 19.3 Å². The molecular weight excluding hydrogens is 377 g/mol. The van der Waals surface area contributed by atoms with Crippen molar-refractivity contribution in [3.8, 4) is 22.9 Å². The number of ether oxygens (including phenoxy) is 2. The average molecular weight is 399 g/mol. The molecule has 0 aliphatic carbocycles. The molecule has 0 aliphatic heterocycles. The summed E-state index contributed by atoms with van der Waals surface area (Å²) in [5.74, 6) is 1.50. The van der Waals surface area contributed by atoms with Gasteiger partial charge >= 0.3 is 0 Å². The van der Waals surface area contributed by atoms with Crippen molar-refractivity contribution < 1.29 is 23.2 Å². The molecule has 0 saturated carbocycles. The molecular formula is C21H22FN3O4. The topological polar surface area (TPSA) is 86.5 Å². The van der Waals surface area contributed by atoms with Gasteiger partial charge in [-0.05, 0) is 36.2 Å². The first-order chi connectivity index (χ1) is 14.1. The highest BCUT2D eigenvalue weighted by Gasteiger charge is 2.13. The molecule has 3 aromatic rings. The lowest BCUT2D eigenvalue weighted by atomic mass is 10.1. The van der Waals surface area contributed by atoms with Crippen LogP contribution in [0.15, 0.2) is 47.0 Å². The molecule has 29 heavy (non-hydrogen) atoms. The summed E-state index contributed by atoms with van der Waals surface area (Å²) in [7, 11) is 3.11. The average Bonchev–Trinajstić information content (AvgIpc) is 3.22. The molecule has 0 radical (unpaired) electrons. The summed E-state index contributed by atoms with van der Waals surface area (Å²) in [5.41, 5.74) is 1.29. The summed E-state index contributed by atoms with van der Waals surface area (Å²) in [6.45, 7) is 0.362. The van der Waals surface area contributed by atoms with Gasteiger partial charge in [0.25, 0.3) is 0 Å². The number of nitrogens with zero attached hydrogens (tertiary/aromatic N) is 2. The van der Waals surface area contributed by atoms with Gasteiger partial charge in [-0.2, -0.15) is 4.98 Å². The lowest BCUT2D eigenvalue weighted by Gasteiger charge is -2.07. The van der Waals surface area contributed by atoms with Gasteiger partial charge in [0.05, 0.1) is 14.2 Å². The minimum Gasteiger partial charge on any atom is -0.493 e. The van der Waals surface area contributed by atoms with Crippen LogP contribution in [0.25, 0.3) is 11.4 Å². The van der Waals surface area contributed by atoms with E-state index < -0.39 is 0 Å². The maximum absolute atomic E-state index is 13.6. The number of carbonyl (C=O) groups is 1. The van der Waals surface area contributed by atoms with Gasteiger partial charge in [0.1, 0.15) is 5.82 Å². The first-order valence-electron chi connectivity index (χ1n) is 9.15. The van der Waals surface area contributed by atoms with Crippen molar-refractivity contribution in [2.75, 3.05) is 20.8 Å². The molecule has 2 aromatic carbocycles. The van der Waals surface area contributed by atoms with E-state index in [4.69, 9.17) is 14.0 Å². The smallest absolute Gasteiger partial charge is 0.227 e. The highest BCUT2D eigenvalue weighted by molar-refractivity contribution is 5.76. The van der Waals surface area contributed by atoms with Crippen LogP contribution in [0.2, 0.25) is 0 Å². The Bertz CT molecular complexity index is 974. The first kappa shape index (κ1) is 20.3. The Morgan fingerprint density at radius 2 is 1.90 bits per heavy atom. The fourth-order valence-electron chi connectivity index (χ4n) is 2.80. The predicted octanol–water partition coefficient (Wildman–Crippen LogP) is 3.18. The van der Waals surface area contributed by atoms with Crippen molar-refractivity contribution in [2.24, 2.45) is 0 Å². The summed E-state index contributed by atoms with van der Waals surface area (Å²) in [4.78, 5) is 16.3. The van der Waals surface area contributed by atoms with E-state index in [-0.39, 0.29) is 18.1 Å². The normalized spacial score (nSPS) is 10.6. The van der Waals surface area contributed by atoms with Crippen LogP contribution in [0.1, 0.15) is 17.9 Å². The third-order valence-corrected chi connectivity index (χ3v) is 4.35. The van der Waals surface area contributed by atoms with E-state index in [0.717, 1.165) is 0 Å². The van der Waals surface area contributed by atoms with E-state index in [9.17, 15) is 9.18 Å². The minimum absolute atomic E-state index is 0.160. The number of methoxy groups -OCH3 is 2. The highest BCUT2D eigenvalue weighted by atomic mass is 19.1. The monoisotopic (exact) mass is 399 g/mol. The molecule has 0 bridgehead atoms. The molecule has 0 unspecified atom stereocenters. The Balaban J connectivity index is 1.50. The fourth-order valence-corrected chi connectivity index (χ4v) is 2.80. The molecule has 0 aliphatic rings. The maximum Gasteiger partial charge on any atom is 0.227 e. The van der Waals surface area contributed by atoms with E-state index in [1.807, 2.05) is 0 Å². The SMILES string of the molecule is COc1ccc(-c2noc(CCC(=O)NCCc3ccccc3F)n2)cc1OC. The number of nitrogens with one attached hydrogen (secondary N) is 1. The molecule has 1 N–H and O–H groups in total. The van der Waals surface area contributed by atoms with Crippen LogP contribution in [0.5, 0.6) is 11.5 Å². The van der Waals surface area contributed by atoms with Crippen LogP contribution < -0.4 is 14.8 Å². The zero-order valence-electron chi connectivity index (χ0n) is 16.3. The van der Waals surface area contributed by atoms with Crippen LogP contribution in [0, 0.1) is 5.82 Å². The molecule has 3 rings (SSSR count). The van der Waals surface area contributed by atoms with Crippen LogP contribution in [0.4, 0.5) is 4.39 Å². The molecule has 0 atom stereocenters. The largest absolute Gasteiger partial charge is 0.493 e. The number of rotatable bonds is 9. The molecule has 0 fully saturated rings. The number of halogens is 1. The van der Waals surface area contributed by atoms with Crippen molar-refractivity contribution in [3.63, 3.8) is 0 Å². The summed E-state index contributed by atoms with van der Waals surface area (Å²) >= 11 is 0. The summed E-state index contributed by atoms with van der Waals surface area (Å²) in [5, 5.41) is 6.72. The lowest BCUT2D eigenvalue weighted by Crippen LogP contribution is -2.26. The predicted molar refractivity (Wildman–Crippen MR) is 104 cm³/mol. The Kier molecular flexibility index (Phi) is 6.78. The number of benzene rings is 2. The second-order valence-electron chi connectivity index (χ2n) is 6.27. The van der Waals surface area contributed by atoms with Crippen molar-refractivity contribution >= 4 is 5.91 Å². The van der Waals surface area contributed by atoms with Gasteiger partial charge < -0.3 is 19.3 Å². The molecule has 7 nitrogen and oxygen atoms in total. The highest BCUT2D eigenvalue weighted by Crippen LogP contribution is 2.31. The Morgan fingerprint density at radius 3 is 2.66 bits per heavy atom. The van der Waals surface area contributed by atoms with Crippen molar-refractivity contribution in [3.05, 3.63) is 59.7 Å². The van der Waals surface area contributed by atoms with Crippen molar-refractivity contribution in [1.29, 1.82) is 0 Å². The van der Waals surface area contributed by atoms with Crippen LogP contribution in [-0.2, 0) is 17.6 Å². The van der Waals surface area contributed by atoms with Crippen molar-refractivity contribution in [1.82, 2.24) is 15.5 Å². The van der Waals surface area contributed by atoms with Crippen LogP contribution in [-0.4, -0.2) is 36.8 Å². The molecule has 1 amide bonds. The Morgan fingerprint density at radius 1 is 1.10 bits per heavy atom. The number of hydrogen-bond acceptors (Lipinski definition) is 6. The molecule has 1 heterocycles. The summed E-state index contributed by atoms with van der Waals surface area (Å²) in [6.07, 6.45) is 0.944. The van der Waals surface area contributed by atoms with Gasteiger partial charge in [-0.15, -0.1) is 0 Å². The standard InChI is InChI=1S/C21H22FN3O4/c1-27-17-8-7-15(13-18(17)28-2)21-24-20(29-25-21)10-9-19(26)23-12-11-14-5-3-4-6-16(14)22/h3-8,13H,9-12H2,1-2H3,(H,23,26). The molecule has 1 aromatic heterocycles. The van der Waals surface area contributed by atoms with Gasteiger partial charge in [-0.3, -0.25) is 4.79 Å². The summed E-state index contributed by atoms with van der Waals surface area (Å²) in [6, 6.07) is 11.8. The number of aromatic nitrogens is 2. The van der Waals surface area contributed by atoms with E-state index >= 15 is 0 Å². The number of carbonyl (C=O) groups excluding carboxylic acids is 1. The Labute approximate surface area is 167 Å². The van der Waals surface area contributed by atoms with Crippen LogP contribution in [0.3, 0.4) is 0 Å². The third kappa shape index (κ3) is 5.31. The van der Waals surface area contributed by atoms with Crippen LogP contribution >= 0.6 is 0 Å². The second-order valence-corrected chi connectivity index (χ2v) is 6.27. The third-order valence-electron chi connectivity index (χ3n) is 4.35. The fraction of sp³-hybridized carbons (Fsp3) is 0.286. The lowest BCUT2D eigenvalue weighted by molar-refractivity contribution is -0.121. The number of hydrogen-bond donors (Lipinski definition) is 1. The minimum atomic E-state index is -0.268. The molecule has 0 spiro atoms. The number of amides is 1. The zero-order valence-corrected chi connectivity index (χ0v) is 16.3. The quantitative estimate of drug-likeness (QED) is 0.595. The van der Waals surface area contributed by atoms with E-state index in [1.54, 1.807) is 50.6 Å². The van der Waals surface area contributed by atoms with Gasteiger partial charge in [0, 0.05) is 24.9 Å². The van der Waals surface area contributed by atoms with E-state index in [1.165, 1.54) is 6.07 Å². The van der Waals surface area contributed by atoms with Gasteiger partial charge in [-0.25, -0.2) is 4.39 Å². The van der Waals surface area contributed by atoms with Gasteiger partial charge in [-0.1, -0.05) is 23.4 Å².